The molecule has 1 amide bonds. The normalized spacial score (nSPS) is 20.0. The first-order valence-corrected chi connectivity index (χ1v) is 7.06. The van der Waals surface area contributed by atoms with Crippen LogP contribution in [-0.4, -0.2) is 25.2 Å². The summed E-state index contributed by atoms with van der Waals surface area (Å²) in [5.74, 6) is 0.408. The second-order valence-electron chi connectivity index (χ2n) is 5.37. The van der Waals surface area contributed by atoms with E-state index in [9.17, 15) is 4.79 Å². The van der Waals surface area contributed by atoms with E-state index >= 15 is 0 Å². The zero-order chi connectivity index (χ0) is 13.1. The third-order valence-electron chi connectivity index (χ3n) is 3.69. The van der Waals surface area contributed by atoms with Gasteiger partial charge in [-0.1, -0.05) is 0 Å². The fraction of sp³-hybridized carbons (Fsp3) is 0.533. The van der Waals surface area contributed by atoms with Gasteiger partial charge in [0, 0.05) is 36.5 Å². The zero-order valence-electron chi connectivity index (χ0n) is 11.0. The maximum absolute atomic E-state index is 11.6. The Balaban J connectivity index is 1.54. The van der Waals surface area contributed by atoms with E-state index in [1.807, 2.05) is 24.3 Å². The quantitative estimate of drug-likeness (QED) is 0.875. The number of benzene rings is 1. The Hall–Kier alpha value is -1.55. The Labute approximate surface area is 113 Å². The van der Waals surface area contributed by atoms with Gasteiger partial charge in [-0.3, -0.25) is 4.79 Å². The van der Waals surface area contributed by atoms with Crippen molar-refractivity contribution in [3.63, 3.8) is 0 Å². The molecule has 19 heavy (non-hydrogen) atoms. The average molecular weight is 260 g/mol. The molecule has 1 aliphatic heterocycles. The summed E-state index contributed by atoms with van der Waals surface area (Å²) in [5.41, 5.74) is 1.99. The summed E-state index contributed by atoms with van der Waals surface area (Å²) in [7, 11) is 0. The lowest BCUT2D eigenvalue weighted by Gasteiger charge is -2.24. The number of hydrogen-bond acceptors (Lipinski definition) is 3. The van der Waals surface area contributed by atoms with E-state index in [0.717, 1.165) is 50.3 Å². The third kappa shape index (κ3) is 3.47. The highest BCUT2D eigenvalue weighted by Crippen LogP contribution is 2.30. The summed E-state index contributed by atoms with van der Waals surface area (Å²) in [5, 5.41) is 6.45. The van der Waals surface area contributed by atoms with E-state index in [-0.39, 0.29) is 11.8 Å². The summed E-state index contributed by atoms with van der Waals surface area (Å²) < 4.78 is 5.34. The van der Waals surface area contributed by atoms with Gasteiger partial charge in [-0.2, -0.15) is 0 Å². The fourth-order valence-electron chi connectivity index (χ4n) is 2.32. The maximum atomic E-state index is 11.6. The Morgan fingerprint density at radius 1 is 1.00 bits per heavy atom. The highest BCUT2D eigenvalue weighted by Gasteiger charge is 2.29. The molecule has 2 fully saturated rings. The molecule has 102 valence electrons. The molecule has 4 heteroatoms. The molecule has 1 saturated heterocycles. The first kappa shape index (κ1) is 12.5. The zero-order valence-corrected chi connectivity index (χ0v) is 11.0. The van der Waals surface area contributed by atoms with Crippen LogP contribution in [0.2, 0.25) is 0 Å². The highest BCUT2D eigenvalue weighted by molar-refractivity contribution is 5.94. The third-order valence-corrected chi connectivity index (χ3v) is 3.69. The molecule has 1 aromatic rings. The van der Waals surface area contributed by atoms with Crippen molar-refractivity contribution in [2.75, 3.05) is 23.8 Å². The van der Waals surface area contributed by atoms with Gasteiger partial charge >= 0.3 is 0 Å². The largest absolute Gasteiger partial charge is 0.382 e. The minimum Gasteiger partial charge on any atom is -0.382 e. The van der Waals surface area contributed by atoms with E-state index in [4.69, 9.17) is 4.74 Å². The summed E-state index contributed by atoms with van der Waals surface area (Å²) in [4.78, 5) is 11.6. The molecule has 0 atom stereocenters. The van der Waals surface area contributed by atoms with Crippen LogP contribution in [0.1, 0.15) is 25.7 Å². The van der Waals surface area contributed by atoms with E-state index in [2.05, 4.69) is 10.6 Å². The Bertz CT molecular complexity index is 434. The molecule has 1 saturated carbocycles. The van der Waals surface area contributed by atoms with Crippen molar-refractivity contribution >= 4 is 17.3 Å². The van der Waals surface area contributed by atoms with Crippen LogP contribution in [0.5, 0.6) is 0 Å². The molecule has 4 nitrogen and oxygen atoms in total. The Morgan fingerprint density at radius 2 is 1.63 bits per heavy atom. The molecule has 2 N–H and O–H groups in total. The van der Waals surface area contributed by atoms with Crippen molar-refractivity contribution < 1.29 is 9.53 Å². The number of rotatable bonds is 4. The van der Waals surface area contributed by atoms with Crippen molar-refractivity contribution in [1.82, 2.24) is 0 Å². The highest BCUT2D eigenvalue weighted by atomic mass is 16.5. The number of amides is 1. The van der Waals surface area contributed by atoms with E-state index in [1.54, 1.807) is 0 Å². The molecule has 1 aliphatic carbocycles. The number of carbonyl (C=O) groups excluding carboxylic acids is 1. The molecule has 2 aliphatic rings. The van der Waals surface area contributed by atoms with Gasteiger partial charge in [-0.05, 0) is 49.9 Å². The lowest BCUT2D eigenvalue weighted by Crippen LogP contribution is -2.27. The molecule has 0 spiro atoms. The van der Waals surface area contributed by atoms with Crippen molar-refractivity contribution in [3.8, 4) is 0 Å². The van der Waals surface area contributed by atoms with E-state index in [1.165, 1.54) is 0 Å². The van der Waals surface area contributed by atoms with Crippen LogP contribution >= 0.6 is 0 Å². The van der Waals surface area contributed by atoms with E-state index in [0.29, 0.717) is 6.04 Å². The Morgan fingerprint density at radius 3 is 2.26 bits per heavy atom. The summed E-state index contributed by atoms with van der Waals surface area (Å²) >= 11 is 0. The number of anilines is 2. The predicted molar refractivity (Wildman–Crippen MR) is 75.3 cm³/mol. The predicted octanol–water partition coefficient (Wildman–Crippen LogP) is 2.63. The number of hydrogen-bond donors (Lipinski definition) is 2. The first-order valence-electron chi connectivity index (χ1n) is 7.06. The van der Waals surface area contributed by atoms with Crippen molar-refractivity contribution in [2.45, 2.75) is 31.7 Å². The molecule has 0 unspecified atom stereocenters. The van der Waals surface area contributed by atoms with Gasteiger partial charge in [-0.25, -0.2) is 0 Å². The molecule has 0 radical (unpaired) electrons. The summed E-state index contributed by atoms with van der Waals surface area (Å²) in [6.45, 7) is 1.68. The van der Waals surface area contributed by atoms with Gasteiger partial charge in [0.05, 0.1) is 0 Å². The molecular weight excluding hydrogens is 240 g/mol. The van der Waals surface area contributed by atoms with Crippen LogP contribution in [-0.2, 0) is 9.53 Å². The minimum absolute atomic E-state index is 0.158. The van der Waals surface area contributed by atoms with Crippen LogP contribution < -0.4 is 10.6 Å². The number of carbonyl (C=O) groups is 1. The lowest BCUT2D eigenvalue weighted by molar-refractivity contribution is -0.117. The van der Waals surface area contributed by atoms with Gasteiger partial charge in [0.25, 0.3) is 0 Å². The molecule has 3 rings (SSSR count). The van der Waals surface area contributed by atoms with Crippen LogP contribution in [0.4, 0.5) is 11.4 Å². The second kappa shape index (κ2) is 5.61. The molecule has 0 aromatic heterocycles. The van der Waals surface area contributed by atoms with Crippen LogP contribution in [0.3, 0.4) is 0 Å². The monoisotopic (exact) mass is 260 g/mol. The van der Waals surface area contributed by atoms with Gasteiger partial charge in [0.1, 0.15) is 0 Å². The smallest absolute Gasteiger partial charge is 0.227 e. The fourth-order valence-corrected chi connectivity index (χ4v) is 2.32. The molecule has 1 heterocycles. The standard InChI is InChI=1S/C15H20N2O2/c18-15(11-1-2-11)17-13-5-3-12(4-6-13)16-14-7-9-19-10-8-14/h3-6,11,14,16H,1-2,7-10H2,(H,17,18). The SMILES string of the molecule is O=C(Nc1ccc(NC2CCOCC2)cc1)C1CC1. The van der Waals surface area contributed by atoms with Gasteiger partial charge in [0.15, 0.2) is 0 Å². The summed E-state index contributed by atoms with van der Waals surface area (Å²) in [6.07, 6.45) is 4.19. The van der Waals surface area contributed by atoms with Crippen LogP contribution in [0, 0.1) is 5.92 Å². The second-order valence-corrected chi connectivity index (χ2v) is 5.37. The van der Waals surface area contributed by atoms with Crippen molar-refractivity contribution in [1.29, 1.82) is 0 Å². The Kier molecular flexibility index (Phi) is 3.69. The number of ether oxygens (including phenoxy) is 1. The van der Waals surface area contributed by atoms with Crippen molar-refractivity contribution in [3.05, 3.63) is 24.3 Å². The number of nitrogens with one attached hydrogen (secondary N) is 2. The topological polar surface area (TPSA) is 50.4 Å². The lowest BCUT2D eigenvalue weighted by atomic mass is 10.1. The molecule has 0 bridgehead atoms. The average Bonchev–Trinajstić information content (AvgIpc) is 3.27. The van der Waals surface area contributed by atoms with Crippen molar-refractivity contribution in [2.24, 2.45) is 5.92 Å². The molecule has 1 aromatic carbocycles. The first-order chi connectivity index (χ1) is 9.31. The minimum atomic E-state index is 0.158. The van der Waals surface area contributed by atoms with Crippen LogP contribution in [0.25, 0.3) is 0 Å². The van der Waals surface area contributed by atoms with Gasteiger partial charge < -0.3 is 15.4 Å². The van der Waals surface area contributed by atoms with Crippen LogP contribution in [0.15, 0.2) is 24.3 Å². The summed E-state index contributed by atoms with van der Waals surface area (Å²) in [6, 6.07) is 8.47. The maximum Gasteiger partial charge on any atom is 0.227 e. The van der Waals surface area contributed by atoms with Gasteiger partial charge in [0.2, 0.25) is 5.91 Å². The van der Waals surface area contributed by atoms with Gasteiger partial charge in [-0.15, -0.1) is 0 Å². The van der Waals surface area contributed by atoms with E-state index < -0.39 is 0 Å². The molecular formula is C15H20N2O2.